The molecule has 3 fully saturated rings. The van der Waals surface area contributed by atoms with Gasteiger partial charge in [0.05, 0.1) is 6.04 Å². The van der Waals surface area contributed by atoms with Crippen LogP contribution in [0.4, 0.5) is 0 Å². The number of unbranched alkanes of at least 4 members (excludes halogenated alkanes) is 2. The van der Waals surface area contributed by atoms with Crippen LogP contribution in [-0.4, -0.2) is 106 Å². The Morgan fingerprint density at radius 1 is 0.881 bits per heavy atom. The number of hydrogen-bond donors (Lipinski definition) is 2. The number of amides is 1. The second-order valence-corrected chi connectivity index (χ2v) is 12.8. The Bertz CT molecular complexity index is 1210. The lowest BCUT2D eigenvalue weighted by Crippen LogP contribution is -2.57. The van der Waals surface area contributed by atoms with E-state index in [4.69, 9.17) is 5.11 Å². The molecule has 2 N–H and O–H groups in total. The molecule has 1 amide bonds. The second-order valence-electron chi connectivity index (χ2n) is 12.8. The molecule has 2 saturated heterocycles. The number of phenolic OH excluding ortho intramolecular Hbond substituents is 1. The molecular weight excluding hydrogens is 528 g/mol. The highest BCUT2D eigenvalue weighted by Crippen LogP contribution is 2.37. The van der Waals surface area contributed by atoms with Crippen molar-refractivity contribution < 1.29 is 19.8 Å². The number of aromatic hydroxyl groups is 1. The highest BCUT2D eigenvalue weighted by Gasteiger charge is 2.37. The standard InChI is InChI=1S/C34H48N4O4/c1-25-23-38(26(2)22-37(25)24-27-13-14-27)33(29-9-7-11-31(39)21-29)28-8-6-10-30(20-28)34(42)36-18-16-35(17-19-36)15-5-3-4-12-32(40)41/h6-11,20-21,25-27,33,39H,3-5,12-19,22-24H2,1-2H3,(H,40,41)/t25-,26+,33?/m1/s1. The van der Waals surface area contributed by atoms with E-state index in [1.165, 1.54) is 19.4 Å². The first kappa shape index (κ1) is 30.5. The molecule has 0 aromatic heterocycles. The zero-order valence-corrected chi connectivity index (χ0v) is 25.3. The number of nitrogens with zero attached hydrogens (tertiary/aromatic N) is 4. The number of phenols is 1. The number of hydrogen-bond acceptors (Lipinski definition) is 6. The molecule has 3 aliphatic rings. The molecule has 1 aliphatic carbocycles. The summed E-state index contributed by atoms with van der Waals surface area (Å²) in [6, 6.07) is 16.4. The van der Waals surface area contributed by atoms with Crippen LogP contribution in [0.3, 0.4) is 0 Å². The molecule has 0 spiro atoms. The van der Waals surface area contributed by atoms with Crippen molar-refractivity contribution in [2.45, 2.75) is 70.5 Å². The van der Waals surface area contributed by atoms with Crippen LogP contribution in [-0.2, 0) is 4.79 Å². The Hall–Kier alpha value is -2.94. The second kappa shape index (κ2) is 14.0. The Labute approximate surface area is 250 Å². The summed E-state index contributed by atoms with van der Waals surface area (Å²) in [5.74, 6) is 0.470. The lowest BCUT2D eigenvalue weighted by molar-refractivity contribution is -0.137. The van der Waals surface area contributed by atoms with E-state index in [0.717, 1.165) is 69.0 Å². The molecule has 0 radical (unpaired) electrons. The predicted molar refractivity (Wildman–Crippen MR) is 165 cm³/mol. The minimum absolute atomic E-state index is 0.0525. The Morgan fingerprint density at radius 3 is 2.29 bits per heavy atom. The van der Waals surface area contributed by atoms with Gasteiger partial charge >= 0.3 is 5.97 Å². The van der Waals surface area contributed by atoms with Crippen LogP contribution in [0.1, 0.15) is 79.9 Å². The monoisotopic (exact) mass is 576 g/mol. The largest absolute Gasteiger partial charge is 0.508 e. The number of carbonyl (C=O) groups is 2. The minimum Gasteiger partial charge on any atom is -0.508 e. The zero-order chi connectivity index (χ0) is 29.6. The summed E-state index contributed by atoms with van der Waals surface area (Å²) in [6.45, 7) is 11.8. The third-order valence-electron chi connectivity index (χ3n) is 9.34. The van der Waals surface area contributed by atoms with E-state index >= 15 is 0 Å². The first-order valence-electron chi connectivity index (χ1n) is 15.9. The summed E-state index contributed by atoms with van der Waals surface area (Å²) < 4.78 is 0. The summed E-state index contributed by atoms with van der Waals surface area (Å²) in [7, 11) is 0. The molecule has 2 aliphatic heterocycles. The van der Waals surface area contributed by atoms with Crippen molar-refractivity contribution in [2.75, 3.05) is 52.4 Å². The Morgan fingerprint density at radius 2 is 1.60 bits per heavy atom. The number of carboxylic acids is 1. The van der Waals surface area contributed by atoms with Crippen LogP contribution >= 0.6 is 0 Å². The third kappa shape index (κ3) is 7.91. The highest BCUT2D eigenvalue weighted by molar-refractivity contribution is 5.94. The average molecular weight is 577 g/mol. The maximum Gasteiger partial charge on any atom is 0.303 e. The maximum atomic E-state index is 13.7. The molecule has 5 rings (SSSR count). The number of rotatable bonds is 12. The van der Waals surface area contributed by atoms with E-state index < -0.39 is 5.97 Å². The summed E-state index contributed by atoms with van der Waals surface area (Å²) in [5, 5.41) is 19.2. The normalized spacial score (nSPS) is 23.1. The van der Waals surface area contributed by atoms with Gasteiger partial charge in [0.25, 0.3) is 5.91 Å². The number of aliphatic carboxylic acids is 1. The van der Waals surface area contributed by atoms with Crippen molar-refractivity contribution in [3.63, 3.8) is 0 Å². The van der Waals surface area contributed by atoms with Gasteiger partial charge in [0.2, 0.25) is 0 Å². The van der Waals surface area contributed by atoms with Gasteiger partial charge in [-0.05, 0) is 87.4 Å². The Kier molecular flexibility index (Phi) is 10.2. The average Bonchev–Trinajstić information content (AvgIpc) is 3.80. The van der Waals surface area contributed by atoms with Gasteiger partial charge in [0, 0.05) is 69.9 Å². The van der Waals surface area contributed by atoms with Gasteiger partial charge in [-0.1, -0.05) is 30.7 Å². The first-order chi connectivity index (χ1) is 20.3. The summed E-state index contributed by atoms with van der Waals surface area (Å²) >= 11 is 0. The van der Waals surface area contributed by atoms with Crippen LogP contribution in [0.25, 0.3) is 0 Å². The topological polar surface area (TPSA) is 87.6 Å². The molecule has 8 nitrogen and oxygen atoms in total. The predicted octanol–water partition coefficient (Wildman–Crippen LogP) is 4.69. The quantitative estimate of drug-likeness (QED) is 0.355. The van der Waals surface area contributed by atoms with Gasteiger partial charge in [0.15, 0.2) is 0 Å². The van der Waals surface area contributed by atoms with Gasteiger partial charge in [0.1, 0.15) is 5.75 Å². The summed E-state index contributed by atoms with van der Waals surface area (Å²) in [5.41, 5.74) is 2.85. The molecule has 2 aromatic rings. The van der Waals surface area contributed by atoms with Crippen molar-refractivity contribution in [1.29, 1.82) is 0 Å². The molecule has 1 saturated carbocycles. The number of carbonyl (C=O) groups excluding carboxylic acids is 1. The molecular formula is C34H48N4O4. The first-order valence-corrected chi connectivity index (χ1v) is 15.9. The smallest absolute Gasteiger partial charge is 0.303 e. The highest BCUT2D eigenvalue weighted by atomic mass is 16.4. The van der Waals surface area contributed by atoms with Gasteiger partial charge in [-0.15, -0.1) is 0 Å². The van der Waals surface area contributed by atoms with Crippen molar-refractivity contribution >= 4 is 11.9 Å². The molecule has 3 atom stereocenters. The molecule has 8 heteroatoms. The fourth-order valence-electron chi connectivity index (χ4n) is 6.73. The number of carboxylic acid groups (broad SMARTS) is 1. The van der Waals surface area contributed by atoms with Crippen LogP contribution in [0, 0.1) is 5.92 Å². The number of piperazine rings is 2. The van der Waals surface area contributed by atoms with Gasteiger partial charge in [-0.2, -0.15) is 0 Å². The Balaban J connectivity index is 1.27. The molecule has 42 heavy (non-hydrogen) atoms. The van der Waals surface area contributed by atoms with Crippen molar-refractivity contribution in [2.24, 2.45) is 5.92 Å². The zero-order valence-electron chi connectivity index (χ0n) is 25.3. The number of benzene rings is 2. The lowest BCUT2D eigenvalue weighted by atomic mass is 9.92. The summed E-state index contributed by atoms with van der Waals surface area (Å²) in [6.07, 6.45) is 5.59. The molecule has 2 heterocycles. The molecule has 2 aromatic carbocycles. The molecule has 1 unspecified atom stereocenters. The SMILES string of the molecule is C[C@@H]1CN(C(c2cccc(O)c2)c2cccc(C(=O)N3CCN(CCCCCC(=O)O)CC3)c2)[C@@H](C)CN1CC1CC1. The summed E-state index contributed by atoms with van der Waals surface area (Å²) in [4.78, 5) is 33.9. The van der Waals surface area contributed by atoms with Crippen LogP contribution in [0.2, 0.25) is 0 Å². The van der Waals surface area contributed by atoms with E-state index in [1.54, 1.807) is 6.07 Å². The van der Waals surface area contributed by atoms with Crippen LogP contribution < -0.4 is 0 Å². The fourth-order valence-corrected chi connectivity index (χ4v) is 6.73. The van der Waals surface area contributed by atoms with Gasteiger partial charge < -0.3 is 15.1 Å². The lowest BCUT2D eigenvalue weighted by Gasteiger charge is -2.48. The van der Waals surface area contributed by atoms with Crippen molar-refractivity contribution in [1.82, 2.24) is 19.6 Å². The molecule has 228 valence electrons. The van der Waals surface area contributed by atoms with E-state index in [9.17, 15) is 14.7 Å². The van der Waals surface area contributed by atoms with E-state index in [1.807, 2.05) is 29.2 Å². The van der Waals surface area contributed by atoms with Gasteiger partial charge in [-0.3, -0.25) is 24.3 Å². The van der Waals surface area contributed by atoms with E-state index in [-0.39, 0.29) is 24.1 Å². The van der Waals surface area contributed by atoms with Crippen molar-refractivity contribution in [3.8, 4) is 5.75 Å². The van der Waals surface area contributed by atoms with Crippen LogP contribution in [0.15, 0.2) is 48.5 Å². The van der Waals surface area contributed by atoms with Crippen molar-refractivity contribution in [3.05, 3.63) is 65.2 Å². The van der Waals surface area contributed by atoms with Gasteiger partial charge in [-0.25, -0.2) is 0 Å². The van der Waals surface area contributed by atoms with Crippen LogP contribution in [0.5, 0.6) is 5.75 Å². The van der Waals surface area contributed by atoms with E-state index in [2.05, 4.69) is 46.7 Å². The minimum atomic E-state index is -0.727. The third-order valence-corrected chi connectivity index (χ3v) is 9.34. The molecule has 0 bridgehead atoms. The fraction of sp³-hybridized carbons (Fsp3) is 0.588. The van der Waals surface area contributed by atoms with E-state index in [0.29, 0.717) is 30.7 Å². The maximum absolute atomic E-state index is 13.7.